The molecular weight excluding hydrogens is 74.1 g/mol. The van der Waals surface area contributed by atoms with Gasteiger partial charge in [-0.1, -0.05) is 12.5 Å². The normalized spacial score (nSPS) is 12.0. The van der Waals surface area contributed by atoms with E-state index >= 15 is 0 Å². The van der Waals surface area contributed by atoms with E-state index in [1.807, 2.05) is 6.92 Å². The van der Waals surface area contributed by atoms with Crippen LogP contribution in [0.3, 0.4) is 0 Å². The molecular formula is C5H11N. The lowest BCUT2D eigenvalue weighted by atomic mass is 10.3. The Labute approximate surface area is 38.8 Å². The van der Waals surface area contributed by atoms with Crippen molar-refractivity contribution in [1.82, 2.24) is 0 Å². The fourth-order valence-corrected chi connectivity index (χ4v) is 0.118. The van der Waals surface area contributed by atoms with Crippen LogP contribution in [-0.2, 0) is 0 Å². The highest BCUT2D eigenvalue weighted by atomic mass is 14.5. The van der Waals surface area contributed by atoms with Gasteiger partial charge in [-0.05, 0) is 19.5 Å². The summed E-state index contributed by atoms with van der Waals surface area (Å²) >= 11 is 0. The number of hydrogen-bond acceptors (Lipinski definition) is 1. The van der Waals surface area contributed by atoms with Gasteiger partial charge < -0.3 is 5.73 Å². The van der Waals surface area contributed by atoms with Crippen molar-refractivity contribution in [2.24, 2.45) is 5.73 Å². The molecule has 0 amide bonds. The summed E-state index contributed by atoms with van der Waals surface area (Å²) in [5.41, 5.74) is 6.37. The smallest absolute Gasteiger partial charge is 0.00734 e. The molecule has 0 radical (unpaired) electrons. The first-order chi connectivity index (χ1) is 2.81. The van der Waals surface area contributed by atoms with Crippen LogP contribution in [0, 0.1) is 0 Å². The van der Waals surface area contributed by atoms with Crippen LogP contribution in [0.25, 0.3) is 0 Å². The van der Waals surface area contributed by atoms with E-state index in [9.17, 15) is 0 Å². The number of nitrogens with two attached hydrogens (primary N) is 1. The molecule has 0 aliphatic rings. The van der Waals surface area contributed by atoms with Gasteiger partial charge in [0.05, 0.1) is 0 Å². The van der Waals surface area contributed by atoms with Crippen LogP contribution in [0.1, 0.15) is 20.3 Å². The van der Waals surface area contributed by atoms with Crippen LogP contribution >= 0.6 is 0 Å². The lowest BCUT2D eigenvalue weighted by Gasteiger charge is -1.85. The average Bonchev–Trinajstić information content (AvgIpc) is 1.65. The zero-order chi connectivity index (χ0) is 4.99. The molecule has 0 aromatic carbocycles. The topological polar surface area (TPSA) is 26.0 Å². The Bertz CT molecular complexity index is 55.0. The van der Waals surface area contributed by atoms with Crippen LogP contribution in [0.15, 0.2) is 11.8 Å². The molecule has 0 unspecified atom stereocenters. The minimum Gasteiger partial charge on any atom is -0.405 e. The largest absolute Gasteiger partial charge is 0.405 e. The highest BCUT2D eigenvalue weighted by molar-refractivity contribution is 4.92. The van der Waals surface area contributed by atoms with Gasteiger partial charge in [0.2, 0.25) is 0 Å². The van der Waals surface area contributed by atoms with Crippen molar-refractivity contribution in [1.29, 1.82) is 0 Å². The molecule has 1 heteroatoms. The molecule has 0 aromatic rings. The molecule has 2 N–H and O–H groups in total. The zero-order valence-corrected chi connectivity index (χ0v) is 4.36. The number of hydrogen-bond donors (Lipinski definition) is 1. The van der Waals surface area contributed by atoms with Gasteiger partial charge in [-0.25, -0.2) is 0 Å². The fraction of sp³-hybridized carbons (Fsp3) is 0.600. The van der Waals surface area contributed by atoms with E-state index in [2.05, 4.69) is 6.92 Å². The van der Waals surface area contributed by atoms with Crippen LogP contribution in [0.4, 0.5) is 0 Å². The van der Waals surface area contributed by atoms with Crippen molar-refractivity contribution in [3.63, 3.8) is 0 Å². The van der Waals surface area contributed by atoms with E-state index < -0.39 is 0 Å². The first-order valence-corrected chi connectivity index (χ1v) is 2.18. The standard InChI is InChI=1S/C5H11N/c1-3-5(2)4-6/h4H,3,6H2,1-2H3/b5-4+. The minimum absolute atomic E-state index is 1.07. The third kappa shape index (κ3) is 1.82. The summed E-state index contributed by atoms with van der Waals surface area (Å²) in [6.45, 7) is 4.10. The van der Waals surface area contributed by atoms with Gasteiger partial charge in [0, 0.05) is 0 Å². The quantitative estimate of drug-likeness (QED) is 0.509. The maximum Gasteiger partial charge on any atom is -0.00734 e. The second-order valence-corrected chi connectivity index (χ2v) is 1.37. The van der Waals surface area contributed by atoms with E-state index in [4.69, 9.17) is 5.73 Å². The van der Waals surface area contributed by atoms with Crippen molar-refractivity contribution >= 4 is 0 Å². The van der Waals surface area contributed by atoms with Crippen molar-refractivity contribution in [3.8, 4) is 0 Å². The SMILES string of the molecule is CC/C(C)=C/N. The Hall–Kier alpha value is -0.460. The molecule has 0 fully saturated rings. The Kier molecular flexibility index (Phi) is 2.55. The molecule has 0 aliphatic heterocycles. The predicted octanol–water partition coefficient (Wildman–Crippen LogP) is 1.26. The molecule has 0 spiro atoms. The molecule has 0 rings (SSSR count). The second-order valence-electron chi connectivity index (χ2n) is 1.37. The van der Waals surface area contributed by atoms with Crippen LogP contribution in [0.5, 0.6) is 0 Å². The van der Waals surface area contributed by atoms with Crippen LogP contribution in [0.2, 0.25) is 0 Å². The molecule has 0 aromatic heterocycles. The number of allylic oxidation sites excluding steroid dienone is 1. The van der Waals surface area contributed by atoms with Gasteiger partial charge in [-0.3, -0.25) is 0 Å². The molecule has 1 nitrogen and oxygen atoms in total. The summed E-state index contributed by atoms with van der Waals surface area (Å²) < 4.78 is 0. The zero-order valence-electron chi connectivity index (χ0n) is 4.36. The van der Waals surface area contributed by atoms with Gasteiger partial charge in [-0.15, -0.1) is 0 Å². The van der Waals surface area contributed by atoms with E-state index in [1.54, 1.807) is 6.20 Å². The fourth-order valence-electron chi connectivity index (χ4n) is 0.118. The lowest BCUT2D eigenvalue weighted by Crippen LogP contribution is -1.80. The minimum atomic E-state index is 1.07. The van der Waals surface area contributed by atoms with E-state index in [1.165, 1.54) is 5.57 Å². The molecule has 0 bridgehead atoms. The van der Waals surface area contributed by atoms with Gasteiger partial charge in [0.25, 0.3) is 0 Å². The molecule has 0 saturated carbocycles. The molecule has 0 heterocycles. The van der Waals surface area contributed by atoms with Gasteiger partial charge >= 0.3 is 0 Å². The van der Waals surface area contributed by atoms with Gasteiger partial charge in [0.15, 0.2) is 0 Å². The molecule has 0 aliphatic carbocycles. The summed E-state index contributed by atoms with van der Waals surface area (Å²) in [6.07, 6.45) is 2.70. The Balaban J connectivity index is 3.22. The molecule has 0 saturated heterocycles. The van der Waals surface area contributed by atoms with E-state index in [0.29, 0.717) is 0 Å². The summed E-state index contributed by atoms with van der Waals surface area (Å²) in [5, 5.41) is 0. The summed E-state index contributed by atoms with van der Waals surface area (Å²) in [6, 6.07) is 0. The van der Waals surface area contributed by atoms with E-state index in [-0.39, 0.29) is 0 Å². The summed E-state index contributed by atoms with van der Waals surface area (Å²) in [4.78, 5) is 0. The third-order valence-corrected chi connectivity index (χ3v) is 0.842. The van der Waals surface area contributed by atoms with Crippen molar-refractivity contribution in [2.45, 2.75) is 20.3 Å². The van der Waals surface area contributed by atoms with Gasteiger partial charge in [0.1, 0.15) is 0 Å². The lowest BCUT2D eigenvalue weighted by molar-refractivity contribution is 1.09. The third-order valence-electron chi connectivity index (χ3n) is 0.842. The van der Waals surface area contributed by atoms with Gasteiger partial charge in [-0.2, -0.15) is 0 Å². The Morgan fingerprint density at radius 2 is 2.33 bits per heavy atom. The molecule has 0 atom stereocenters. The van der Waals surface area contributed by atoms with Crippen molar-refractivity contribution in [2.75, 3.05) is 0 Å². The Morgan fingerprint density at radius 1 is 1.83 bits per heavy atom. The summed E-state index contributed by atoms with van der Waals surface area (Å²) in [5.74, 6) is 0. The first-order valence-electron chi connectivity index (χ1n) is 2.18. The highest BCUT2D eigenvalue weighted by Crippen LogP contribution is 1.91. The first kappa shape index (κ1) is 5.54. The number of rotatable bonds is 1. The van der Waals surface area contributed by atoms with Crippen molar-refractivity contribution in [3.05, 3.63) is 11.8 Å². The molecule has 36 valence electrons. The maximum atomic E-state index is 5.12. The molecule has 6 heavy (non-hydrogen) atoms. The Morgan fingerprint density at radius 3 is 2.33 bits per heavy atom. The van der Waals surface area contributed by atoms with Crippen LogP contribution in [-0.4, -0.2) is 0 Å². The highest BCUT2D eigenvalue weighted by Gasteiger charge is 1.73. The maximum absolute atomic E-state index is 5.12. The predicted molar refractivity (Wildman–Crippen MR) is 28.2 cm³/mol. The summed E-state index contributed by atoms with van der Waals surface area (Å²) in [7, 11) is 0. The average molecular weight is 85.1 g/mol. The monoisotopic (exact) mass is 85.1 g/mol. The van der Waals surface area contributed by atoms with Crippen molar-refractivity contribution < 1.29 is 0 Å². The second kappa shape index (κ2) is 2.76. The van der Waals surface area contributed by atoms with Crippen LogP contribution < -0.4 is 5.73 Å². The van der Waals surface area contributed by atoms with E-state index in [0.717, 1.165) is 6.42 Å².